The fraction of sp³-hybridized carbons (Fsp3) is 0.189. The zero-order valence-electron chi connectivity index (χ0n) is 23.2. The molecule has 1 heterocycles. The molecule has 0 amide bonds. The van der Waals surface area contributed by atoms with Crippen LogP contribution in [-0.4, -0.2) is 13.2 Å². The number of ether oxygens (including phenoxy) is 3. The second-order valence-corrected chi connectivity index (χ2v) is 10.8. The number of rotatable bonds is 9. The van der Waals surface area contributed by atoms with Crippen molar-refractivity contribution in [1.82, 2.24) is 0 Å². The zero-order chi connectivity index (χ0) is 27.6. The van der Waals surface area contributed by atoms with E-state index in [2.05, 4.69) is 99.8 Å². The van der Waals surface area contributed by atoms with Crippen molar-refractivity contribution in [1.29, 1.82) is 0 Å². The van der Waals surface area contributed by atoms with Gasteiger partial charge >= 0.3 is 0 Å². The first kappa shape index (κ1) is 25.8. The predicted molar refractivity (Wildman–Crippen MR) is 165 cm³/mol. The van der Waals surface area contributed by atoms with Crippen LogP contribution in [0.3, 0.4) is 0 Å². The van der Waals surface area contributed by atoms with Crippen LogP contribution in [0.2, 0.25) is 0 Å². The van der Waals surface area contributed by atoms with Crippen LogP contribution >= 0.6 is 0 Å². The molecule has 6 rings (SSSR count). The summed E-state index contributed by atoms with van der Waals surface area (Å²) < 4.78 is 18.6. The van der Waals surface area contributed by atoms with E-state index < -0.39 is 0 Å². The van der Waals surface area contributed by atoms with Crippen LogP contribution in [0.1, 0.15) is 42.0 Å². The molecule has 0 atom stereocenters. The minimum atomic E-state index is -0.0384. The van der Waals surface area contributed by atoms with Gasteiger partial charge in [-0.15, -0.1) is 0 Å². The fourth-order valence-electron chi connectivity index (χ4n) is 5.78. The Hall–Kier alpha value is -4.50. The lowest BCUT2D eigenvalue weighted by Crippen LogP contribution is -2.13. The largest absolute Gasteiger partial charge is 0.490 e. The first-order valence-electron chi connectivity index (χ1n) is 13.9. The molecule has 200 valence electrons. The molecule has 40 heavy (non-hydrogen) atoms. The highest BCUT2D eigenvalue weighted by Crippen LogP contribution is 2.52. The third kappa shape index (κ3) is 4.84. The van der Waals surface area contributed by atoms with E-state index in [1.54, 1.807) is 12.2 Å². The lowest BCUT2D eigenvalue weighted by Gasteiger charge is -2.31. The highest BCUT2D eigenvalue weighted by molar-refractivity contribution is 5.96. The van der Waals surface area contributed by atoms with Gasteiger partial charge in [0.2, 0.25) is 0 Å². The molecule has 5 aromatic carbocycles. The van der Waals surface area contributed by atoms with Crippen LogP contribution in [0.25, 0.3) is 21.5 Å². The summed E-state index contributed by atoms with van der Waals surface area (Å²) in [5.41, 5.74) is 4.88. The maximum atomic E-state index is 6.65. The first-order valence-corrected chi connectivity index (χ1v) is 13.9. The molecule has 0 bridgehead atoms. The Kier molecular flexibility index (Phi) is 7.04. The van der Waals surface area contributed by atoms with Gasteiger partial charge < -0.3 is 14.2 Å². The van der Waals surface area contributed by atoms with Crippen LogP contribution in [0.15, 0.2) is 110 Å². The van der Waals surface area contributed by atoms with Crippen molar-refractivity contribution in [2.24, 2.45) is 5.92 Å². The molecule has 0 aliphatic carbocycles. The molecule has 5 aromatic rings. The van der Waals surface area contributed by atoms with Gasteiger partial charge in [-0.05, 0) is 81.4 Å². The second kappa shape index (κ2) is 10.9. The molecule has 0 spiro atoms. The Morgan fingerprint density at radius 1 is 0.700 bits per heavy atom. The number of hydrogen-bond donors (Lipinski definition) is 0. The second-order valence-electron chi connectivity index (χ2n) is 10.8. The lowest BCUT2D eigenvalue weighted by atomic mass is 9.78. The van der Waals surface area contributed by atoms with Crippen molar-refractivity contribution in [3.8, 4) is 23.0 Å². The molecule has 0 N–H and O–H groups in total. The average molecular weight is 527 g/mol. The Morgan fingerprint density at radius 3 is 1.68 bits per heavy atom. The topological polar surface area (TPSA) is 27.7 Å². The van der Waals surface area contributed by atoms with Crippen LogP contribution in [0, 0.1) is 5.92 Å². The van der Waals surface area contributed by atoms with E-state index in [0.29, 0.717) is 19.1 Å². The van der Waals surface area contributed by atoms with Crippen molar-refractivity contribution in [2.45, 2.75) is 26.2 Å². The average Bonchev–Trinajstić information content (AvgIpc) is 2.97. The standard InChI is InChI=1S/C37H34O3/c1-5-19-38-29-15-11-26-13-17-33-36(31(26)22-29)35(28-9-7-25(8-10-28)21-24(3)4)37-32-23-30(39-20-6-2)16-12-27(32)14-18-34(37)40-33/h5-18,22-24,35H,1-2,19-21H2,3-4H3. The summed E-state index contributed by atoms with van der Waals surface area (Å²) in [6.45, 7) is 13.0. The van der Waals surface area contributed by atoms with Gasteiger partial charge in [-0.3, -0.25) is 0 Å². The fourth-order valence-corrected chi connectivity index (χ4v) is 5.78. The minimum Gasteiger partial charge on any atom is -0.490 e. The molecule has 1 aliphatic heterocycles. The maximum Gasteiger partial charge on any atom is 0.132 e. The molecule has 0 unspecified atom stereocenters. The molecule has 0 radical (unpaired) electrons. The zero-order valence-corrected chi connectivity index (χ0v) is 23.2. The summed E-state index contributed by atoms with van der Waals surface area (Å²) >= 11 is 0. The SMILES string of the molecule is C=CCOc1ccc2ccc3c(c2c1)C(c1ccc(CC(C)C)cc1)c1c(ccc2ccc(OCC=C)cc12)O3. The summed E-state index contributed by atoms with van der Waals surface area (Å²) in [7, 11) is 0. The third-order valence-corrected chi connectivity index (χ3v) is 7.48. The quantitative estimate of drug-likeness (QED) is 0.176. The van der Waals surface area contributed by atoms with Crippen molar-refractivity contribution in [3.63, 3.8) is 0 Å². The number of fused-ring (bicyclic) bond motifs is 6. The first-order chi connectivity index (χ1) is 19.6. The van der Waals surface area contributed by atoms with Gasteiger partial charge in [-0.1, -0.05) is 87.7 Å². The van der Waals surface area contributed by atoms with E-state index in [1.165, 1.54) is 11.1 Å². The predicted octanol–water partition coefficient (Wildman–Crippen LogP) is 9.61. The van der Waals surface area contributed by atoms with E-state index in [9.17, 15) is 0 Å². The minimum absolute atomic E-state index is 0.0384. The molecular weight excluding hydrogens is 492 g/mol. The van der Waals surface area contributed by atoms with Crippen molar-refractivity contribution in [3.05, 3.63) is 132 Å². The molecule has 0 fully saturated rings. The van der Waals surface area contributed by atoms with E-state index in [1.807, 2.05) is 12.1 Å². The molecule has 1 aliphatic rings. The Balaban J connectivity index is 1.61. The lowest BCUT2D eigenvalue weighted by molar-refractivity contribution is 0.363. The Labute approximate surface area is 236 Å². The summed E-state index contributed by atoms with van der Waals surface area (Å²) in [4.78, 5) is 0. The van der Waals surface area contributed by atoms with Crippen LogP contribution < -0.4 is 14.2 Å². The normalized spacial score (nSPS) is 12.6. The van der Waals surface area contributed by atoms with Gasteiger partial charge in [-0.25, -0.2) is 0 Å². The van der Waals surface area contributed by atoms with Gasteiger partial charge in [0.25, 0.3) is 0 Å². The van der Waals surface area contributed by atoms with Gasteiger partial charge in [0, 0.05) is 17.0 Å². The van der Waals surface area contributed by atoms with E-state index in [-0.39, 0.29) is 5.92 Å². The maximum absolute atomic E-state index is 6.65. The summed E-state index contributed by atoms with van der Waals surface area (Å²) in [6, 6.07) is 30.1. The van der Waals surface area contributed by atoms with Gasteiger partial charge in [0.15, 0.2) is 0 Å². The van der Waals surface area contributed by atoms with Crippen LogP contribution in [0.4, 0.5) is 0 Å². The van der Waals surface area contributed by atoms with Crippen molar-refractivity contribution in [2.75, 3.05) is 13.2 Å². The molecule has 0 saturated carbocycles. The number of benzene rings is 5. The van der Waals surface area contributed by atoms with Crippen LogP contribution in [-0.2, 0) is 6.42 Å². The summed E-state index contributed by atoms with van der Waals surface area (Å²) in [5.74, 6) is 3.94. The van der Waals surface area contributed by atoms with Crippen molar-refractivity contribution >= 4 is 21.5 Å². The number of hydrogen-bond acceptors (Lipinski definition) is 3. The van der Waals surface area contributed by atoms with Crippen LogP contribution in [0.5, 0.6) is 23.0 Å². The monoisotopic (exact) mass is 526 g/mol. The highest BCUT2D eigenvalue weighted by Gasteiger charge is 2.32. The summed E-state index contributed by atoms with van der Waals surface area (Å²) in [5, 5.41) is 4.54. The summed E-state index contributed by atoms with van der Waals surface area (Å²) in [6.07, 6.45) is 4.59. The molecule has 0 saturated heterocycles. The van der Waals surface area contributed by atoms with E-state index in [4.69, 9.17) is 14.2 Å². The van der Waals surface area contributed by atoms with Gasteiger partial charge in [0.05, 0.1) is 0 Å². The molecule has 0 aromatic heterocycles. The smallest absolute Gasteiger partial charge is 0.132 e. The third-order valence-electron chi connectivity index (χ3n) is 7.48. The van der Waals surface area contributed by atoms with Gasteiger partial charge in [-0.2, -0.15) is 0 Å². The van der Waals surface area contributed by atoms with Gasteiger partial charge in [0.1, 0.15) is 36.2 Å². The Morgan fingerprint density at radius 2 is 1.20 bits per heavy atom. The van der Waals surface area contributed by atoms with Crippen molar-refractivity contribution < 1.29 is 14.2 Å². The van der Waals surface area contributed by atoms with E-state index >= 15 is 0 Å². The molecular formula is C37H34O3. The highest BCUT2D eigenvalue weighted by atomic mass is 16.5. The molecule has 3 heteroatoms. The Bertz CT molecular complexity index is 1610. The molecule has 3 nitrogen and oxygen atoms in total. The van der Waals surface area contributed by atoms with E-state index in [0.717, 1.165) is 62.1 Å².